The molecular formula is C30H36O4. The van der Waals surface area contributed by atoms with E-state index in [4.69, 9.17) is 9.47 Å². The van der Waals surface area contributed by atoms with E-state index in [1.807, 2.05) is 0 Å². The van der Waals surface area contributed by atoms with Crippen molar-refractivity contribution in [2.45, 2.75) is 65.2 Å². The van der Waals surface area contributed by atoms with Crippen LogP contribution >= 0.6 is 0 Å². The van der Waals surface area contributed by atoms with E-state index >= 15 is 0 Å². The number of esters is 2. The minimum Gasteiger partial charge on any atom is -0.462 e. The fourth-order valence-corrected chi connectivity index (χ4v) is 4.35. The molecule has 0 N–H and O–H groups in total. The van der Waals surface area contributed by atoms with Crippen LogP contribution in [0.4, 0.5) is 0 Å². The summed E-state index contributed by atoms with van der Waals surface area (Å²) in [6, 6.07) is 13.6. The number of rotatable bonds is 12. The Morgan fingerprint density at radius 3 is 1.53 bits per heavy atom. The zero-order valence-electron chi connectivity index (χ0n) is 20.7. The van der Waals surface area contributed by atoms with Crippen LogP contribution < -0.4 is 0 Å². The van der Waals surface area contributed by atoms with Gasteiger partial charge in [0.1, 0.15) is 0 Å². The largest absolute Gasteiger partial charge is 0.462 e. The molecule has 0 bridgehead atoms. The van der Waals surface area contributed by atoms with Crippen molar-refractivity contribution < 1.29 is 19.1 Å². The van der Waals surface area contributed by atoms with Crippen molar-refractivity contribution in [3.05, 3.63) is 83.0 Å². The molecule has 0 unspecified atom stereocenters. The molecule has 0 fully saturated rings. The molecule has 0 aromatic heterocycles. The molecule has 2 aromatic rings. The van der Waals surface area contributed by atoms with E-state index in [2.05, 4.69) is 56.5 Å². The van der Waals surface area contributed by atoms with Crippen LogP contribution in [0.15, 0.2) is 60.7 Å². The number of carbonyl (C=O) groups excluding carboxylic acids is 2. The van der Waals surface area contributed by atoms with E-state index in [9.17, 15) is 9.59 Å². The third kappa shape index (κ3) is 6.47. The van der Waals surface area contributed by atoms with Gasteiger partial charge in [0.05, 0.1) is 13.2 Å². The second-order valence-corrected chi connectivity index (χ2v) is 9.31. The molecule has 34 heavy (non-hydrogen) atoms. The van der Waals surface area contributed by atoms with Crippen molar-refractivity contribution in [3.8, 4) is 11.1 Å². The zero-order chi connectivity index (χ0) is 24.7. The van der Waals surface area contributed by atoms with Crippen LogP contribution in [0.2, 0.25) is 0 Å². The minimum absolute atomic E-state index is 0.310. The first kappa shape index (κ1) is 25.5. The minimum atomic E-state index is -0.310. The molecule has 0 saturated carbocycles. The van der Waals surface area contributed by atoms with Gasteiger partial charge in [0.15, 0.2) is 0 Å². The molecule has 0 atom stereocenters. The number of benzene rings is 2. The Balaban J connectivity index is 1.52. The average Bonchev–Trinajstić information content (AvgIpc) is 3.09. The van der Waals surface area contributed by atoms with E-state index < -0.39 is 0 Å². The van der Waals surface area contributed by atoms with E-state index in [0.29, 0.717) is 30.3 Å². The van der Waals surface area contributed by atoms with E-state index in [-0.39, 0.29) is 11.9 Å². The van der Waals surface area contributed by atoms with Crippen molar-refractivity contribution in [3.63, 3.8) is 0 Å². The Morgan fingerprint density at radius 1 is 0.735 bits per heavy atom. The van der Waals surface area contributed by atoms with Gasteiger partial charge in [-0.3, -0.25) is 0 Å². The van der Waals surface area contributed by atoms with Gasteiger partial charge < -0.3 is 9.47 Å². The maximum atomic E-state index is 11.5. The maximum Gasteiger partial charge on any atom is 0.333 e. The maximum absolute atomic E-state index is 11.5. The van der Waals surface area contributed by atoms with Crippen LogP contribution in [-0.4, -0.2) is 25.2 Å². The Hall–Kier alpha value is -3.14. The molecule has 180 valence electrons. The third-order valence-corrected chi connectivity index (χ3v) is 6.34. The molecule has 4 heteroatoms. The fraction of sp³-hybridized carbons (Fsp3) is 0.400. The first-order valence-electron chi connectivity index (χ1n) is 12.2. The van der Waals surface area contributed by atoms with E-state index in [1.165, 1.54) is 33.4 Å². The Labute approximate surface area is 203 Å². The highest BCUT2D eigenvalue weighted by Crippen LogP contribution is 2.45. The number of ether oxygens (including phenoxy) is 2. The summed E-state index contributed by atoms with van der Waals surface area (Å²) in [5.74, 6) is -0.248. The standard InChI is InChI=1S/C30H36O4/c1-20(2)29(31)33-16-8-6-10-23-12-14-25-26-15-13-24(19-28(26)22(5)27(25)18-23)11-7-9-17-34-30(32)21(3)4/h12-15,18-19,22H,1,3,6-11,16-17H2,2,4-5H3. The average molecular weight is 461 g/mol. The lowest BCUT2D eigenvalue weighted by Crippen LogP contribution is -2.06. The predicted molar refractivity (Wildman–Crippen MR) is 137 cm³/mol. The Morgan fingerprint density at radius 2 is 1.15 bits per heavy atom. The molecule has 0 heterocycles. The van der Waals surface area contributed by atoms with Crippen molar-refractivity contribution in [2.24, 2.45) is 0 Å². The normalized spacial score (nSPS) is 12.1. The summed E-state index contributed by atoms with van der Waals surface area (Å²) in [6.45, 7) is 13.7. The van der Waals surface area contributed by atoms with E-state index in [0.717, 1.165) is 38.5 Å². The lowest BCUT2D eigenvalue weighted by atomic mass is 9.95. The lowest BCUT2D eigenvalue weighted by molar-refractivity contribution is -0.139. The number of aryl methyl sites for hydroxylation is 2. The molecule has 0 radical (unpaired) electrons. The van der Waals surface area contributed by atoms with Crippen molar-refractivity contribution >= 4 is 11.9 Å². The number of fused-ring (bicyclic) bond motifs is 3. The van der Waals surface area contributed by atoms with Gasteiger partial charge in [-0.1, -0.05) is 56.5 Å². The summed E-state index contributed by atoms with van der Waals surface area (Å²) in [6.07, 6.45) is 5.61. The fourth-order valence-electron chi connectivity index (χ4n) is 4.35. The van der Waals surface area contributed by atoms with Crippen molar-refractivity contribution in [1.29, 1.82) is 0 Å². The van der Waals surface area contributed by atoms with Crippen LogP contribution in [-0.2, 0) is 31.9 Å². The summed E-state index contributed by atoms with van der Waals surface area (Å²) >= 11 is 0. The first-order valence-corrected chi connectivity index (χ1v) is 12.2. The van der Waals surface area contributed by atoms with Crippen LogP contribution in [0, 0.1) is 0 Å². The molecule has 0 spiro atoms. The van der Waals surface area contributed by atoms with Gasteiger partial charge in [-0.25, -0.2) is 9.59 Å². The first-order chi connectivity index (χ1) is 16.3. The molecule has 2 aromatic carbocycles. The van der Waals surface area contributed by atoms with Gasteiger partial charge in [0.2, 0.25) is 0 Å². The van der Waals surface area contributed by atoms with Gasteiger partial charge in [-0.2, -0.15) is 0 Å². The van der Waals surface area contributed by atoms with Crippen LogP contribution in [0.5, 0.6) is 0 Å². The highest BCUT2D eigenvalue weighted by molar-refractivity contribution is 5.87. The van der Waals surface area contributed by atoms with Gasteiger partial charge in [0, 0.05) is 17.1 Å². The molecule has 0 amide bonds. The summed E-state index contributed by atoms with van der Waals surface area (Å²) < 4.78 is 10.4. The quantitative estimate of drug-likeness (QED) is 0.201. The number of carbonyl (C=O) groups is 2. The molecule has 0 aliphatic heterocycles. The second kappa shape index (κ2) is 11.8. The molecule has 3 rings (SSSR count). The second-order valence-electron chi connectivity index (χ2n) is 9.31. The van der Waals surface area contributed by atoms with Gasteiger partial charge in [-0.05, 0) is 85.8 Å². The van der Waals surface area contributed by atoms with Gasteiger partial charge in [0.25, 0.3) is 0 Å². The molecular weight excluding hydrogens is 424 g/mol. The Bertz CT molecular complexity index is 994. The number of unbranched alkanes of at least 4 members (excludes halogenated alkanes) is 2. The highest BCUT2D eigenvalue weighted by atomic mass is 16.5. The number of hydrogen-bond donors (Lipinski definition) is 0. The van der Waals surface area contributed by atoms with Gasteiger partial charge in [-0.15, -0.1) is 0 Å². The number of hydrogen-bond acceptors (Lipinski definition) is 4. The zero-order valence-corrected chi connectivity index (χ0v) is 20.7. The van der Waals surface area contributed by atoms with E-state index in [1.54, 1.807) is 13.8 Å². The van der Waals surface area contributed by atoms with Crippen molar-refractivity contribution in [2.75, 3.05) is 13.2 Å². The van der Waals surface area contributed by atoms with Crippen molar-refractivity contribution in [1.82, 2.24) is 0 Å². The summed E-state index contributed by atoms with van der Waals surface area (Å²) in [5, 5.41) is 0. The molecule has 0 saturated heterocycles. The predicted octanol–water partition coefficient (Wildman–Crippen LogP) is 6.70. The topological polar surface area (TPSA) is 52.6 Å². The molecule has 1 aliphatic carbocycles. The highest BCUT2D eigenvalue weighted by Gasteiger charge is 2.25. The SMILES string of the molecule is C=C(C)C(=O)OCCCCc1ccc2c(c1)C(C)c1cc(CCCCOC(=O)C(=C)C)ccc1-2. The summed E-state index contributed by atoms with van der Waals surface area (Å²) in [5.41, 5.74) is 9.00. The molecule has 4 nitrogen and oxygen atoms in total. The Kier molecular flexibility index (Phi) is 8.86. The van der Waals surface area contributed by atoms with Crippen LogP contribution in [0.25, 0.3) is 11.1 Å². The lowest BCUT2D eigenvalue weighted by Gasteiger charge is -2.10. The monoisotopic (exact) mass is 460 g/mol. The molecule has 1 aliphatic rings. The summed E-state index contributed by atoms with van der Waals surface area (Å²) in [7, 11) is 0. The van der Waals surface area contributed by atoms with Gasteiger partial charge >= 0.3 is 11.9 Å². The van der Waals surface area contributed by atoms with Crippen LogP contribution in [0.3, 0.4) is 0 Å². The third-order valence-electron chi connectivity index (χ3n) is 6.34. The summed E-state index contributed by atoms with van der Waals surface area (Å²) in [4.78, 5) is 22.9. The smallest absolute Gasteiger partial charge is 0.333 e. The van der Waals surface area contributed by atoms with Crippen LogP contribution in [0.1, 0.15) is 74.6 Å².